The minimum absolute atomic E-state index is 0.133. The predicted molar refractivity (Wildman–Crippen MR) is 92.2 cm³/mol. The van der Waals surface area contributed by atoms with Crippen molar-refractivity contribution in [3.05, 3.63) is 29.8 Å². The highest BCUT2D eigenvalue weighted by molar-refractivity contribution is 5.81. The zero-order valence-electron chi connectivity index (χ0n) is 14.5. The van der Waals surface area contributed by atoms with Crippen LogP contribution in [0.2, 0.25) is 0 Å². The second kappa shape index (κ2) is 9.01. The summed E-state index contributed by atoms with van der Waals surface area (Å²) in [4.78, 5) is 12.1. The van der Waals surface area contributed by atoms with Crippen LogP contribution in [0, 0.1) is 0 Å². The Bertz CT molecular complexity index is 512. The molecule has 2 rings (SSSR count). The number of hydrogen-bond acceptors (Lipinski definition) is 5. The molecule has 1 aromatic carbocycles. The molecule has 6 heteroatoms. The number of nitrogens with one attached hydrogen (secondary N) is 1. The fourth-order valence-electron chi connectivity index (χ4n) is 3.04. The second-order valence-electron chi connectivity index (χ2n) is 6.13. The molecular formula is C18H28N2O4. The third-order valence-electron chi connectivity index (χ3n) is 4.51. The number of ether oxygens (including phenoxy) is 3. The van der Waals surface area contributed by atoms with Gasteiger partial charge in [0, 0.05) is 32.3 Å². The number of amides is 1. The van der Waals surface area contributed by atoms with Crippen LogP contribution in [0.25, 0.3) is 0 Å². The van der Waals surface area contributed by atoms with E-state index in [4.69, 9.17) is 19.9 Å². The molecule has 0 spiro atoms. The van der Waals surface area contributed by atoms with E-state index < -0.39 is 6.04 Å². The fourth-order valence-corrected chi connectivity index (χ4v) is 3.04. The van der Waals surface area contributed by atoms with E-state index in [2.05, 4.69) is 17.4 Å². The highest BCUT2D eigenvalue weighted by atomic mass is 16.5. The number of benzene rings is 1. The molecule has 1 saturated heterocycles. The lowest BCUT2D eigenvalue weighted by Gasteiger charge is -2.38. The monoisotopic (exact) mass is 336 g/mol. The van der Waals surface area contributed by atoms with Crippen LogP contribution in [-0.4, -0.2) is 52.0 Å². The van der Waals surface area contributed by atoms with Crippen LogP contribution >= 0.6 is 0 Å². The molecule has 24 heavy (non-hydrogen) atoms. The maximum Gasteiger partial charge on any atom is 0.239 e. The normalized spacial score (nSPS) is 18.0. The molecule has 1 heterocycles. The van der Waals surface area contributed by atoms with Gasteiger partial charge in [0.2, 0.25) is 5.91 Å². The van der Waals surface area contributed by atoms with Crippen LogP contribution in [-0.2, 0) is 19.7 Å². The highest BCUT2D eigenvalue weighted by Gasteiger charge is 2.35. The Balaban J connectivity index is 2.09. The third-order valence-corrected chi connectivity index (χ3v) is 4.51. The minimum Gasteiger partial charge on any atom is -0.494 e. The van der Waals surface area contributed by atoms with Crippen LogP contribution in [0.5, 0.6) is 5.75 Å². The Morgan fingerprint density at radius 2 is 2.00 bits per heavy atom. The second-order valence-corrected chi connectivity index (χ2v) is 6.13. The first kappa shape index (κ1) is 18.7. The van der Waals surface area contributed by atoms with Crippen LogP contribution in [0.15, 0.2) is 24.3 Å². The SMILES string of the molecule is CCOc1ccc(C2(CNC(=O)C(N)COC)CCOCC2)cc1. The molecule has 6 nitrogen and oxygen atoms in total. The van der Waals surface area contributed by atoms with Gasteiger partial charge in [-0.2, -0.15) is 0 Å². The van der Waals surface area contributed by atoms with E-state index in [-0.39, 0.29) is 17.9 Å². The first-order chi connectivity index (χ1) is 11.6. The summed E-state index contributed by atoms with van der Waals surface area (Å²) in [7, 11) is 1.53. The Labute approximate surface area is 143 Å². The molecule has 0 bridgehead atoms. The van der Waals surface area contributed by atoms with Gasteiger partial charge in [0.15, 0.2) is 0 Å². The van der Waals surface area contributed by atoms with Crippen LogP contribution < -0.4 is 15.8 Å². The van der Waals surface area contributed by atoms with Crippen molar-refractivity contribution in [1.82, 2.24) is 5.32 Å². The summed E-state index contributed by atoms with van der Waals surface area (Å²) in [5.41, 5.74) is 6.86. The van der Waals surface area contributed by atoms with Crippen molar-refractivity contribution >= 4 is 5.91 Å². The Hall–Kier alpha value is -1.63. The predicted octanol–water partition coefficient (Wildman–Crippen LogP) is 1.22. The Kier molecular flexibility index (Phi) is 7.02. The van der Waals surface area contributed by atoms with Crippen molar-refractivity contribution < 1.29 is 19.0 Å². The topological polar surface area (TPSA) is 82.8 Å². The Morgan fingerprint density at radius 3 is 2.58 bits per heavy atom. The molecule has 0 saturated carbocycles. The van der Waals surface area contributed by atoms with Gasteiger partial charge in [-0.3, -0.25) is 4.79 Å². The highest BCUT2D eigenvalue weighted by Crippen LogP contribution is 2.35. The lowest BCUT2D eigenvalue weighted by molar-refractivity contribution is -0.124. The first-order valence-corrected chi connectivity index (χ1v) is 8.44. The molecule has 0 radical (unpaired) electrons. The molecule has 1 atom stereocenters. The van der Waals surface area contributed by atoms with Crippen molar-refractivity contribution in [3.8, 4) is 5.75 Å². The van der Waals surface area contributed by atoms with Crippen LogP contribution in [0.3, 0.4) is 0 Å². The van der Waals surface area contributed by atoms with Crippen molar-refractivity contribution in [2.45, 2.75) is 31.2 Å². The van der Waals surface area contributed by atoms with Gasteiger partial charge < -0.3 is 25.3 Å². The third kappa shape index (κ3) is 4.69. The zero-order valence-corrected chi connectivity index (χ0v) is 14.5. The number of carbonyl (C=O) groups is 1. The van der Waals surface area contributed by atoms with Gasteiger partial charge in [-0.1, -0.05) is 12.1 Å². The summed E-state index contributed by atoms with van der Waals surface area (Å²) in [6.07, 6.45) is 1.72. The average molecular weight is 336 g/mol. The van der Waals surface area contributed by atoms with Gasteiger partial charge >= 0.3 is 0 Å². The molecule has 3 N–H and O–H groups in total. The van der Waals surface area contributed by atoms with Crippen LogP contribution in [0.4, 0.5) is 0 Å². The molecule has 0 aromatic heterocycles. The summed E-state index contributed by atoms with van der Waals surface area (Å²) >= 11 is 0. The smallest absolute Gasteiger partial charge is 0.239 e. The molecule has 134 valence electrons. The quantitative estimate of drug-likeness (QED) is 0.746. The van der Waals surface area contributed by atoms with E-state index in [1.54, 1.807) is 0 Å². The maximum absolute atomic E-state index is 12.1. The standard InChI is InChI=1S/C18H28N2O4/c1-3-24-15-6-4-14(5-7-15)18(8-10-23-11-9-18)13-20-17(21)16(19)12-22-2/h4-7,16H,3,8-13,19H2,1-2H3,(H,20,21). The van der Waals surface area contributed by atoms with E-state index in [0.717, 1.165) is 18.6 Å². The maximum atomic E-state index is 12.1. The van der Waals surface area contributed by atoms with Crippen molar-refractivity contribution in [2.75, 3.05) is 40.1 Å². The summed E-state index contributed by atoms with van der Waals surface area (Å²) in [5.74, 6) is 0.670. The summed E-state index contributed by atoms with van der Waals surface area (Å²) in [6, 6.07) is 7.48. The van der Waals surface area contributed by atoms with Crippen LogP contribution in [0.1, 0.15) is 25.3 Å². The first-order valence-electron chi connectivity index (χ1n) is 8.44. The van der Waals surface area contributed by atoms with Crippen molar-refractivity contribution in [3.63, 3.8) is 0 Å². The molecule has 1 unspecified atom stereocenters. The molecular weight excluding hydrogens is 308 g/mol. The molecule has 1 amide bonds. The molecule has 1 aliphatic heterocycles. The van der Waals surface area contributed by atoms with Gasteiger partial charge in [-0.05, 0) is 37.5 Å². The van der Waals surface area contributed by atoms with Gasteiger partial charge in [0.25, 0.3) is 0 Å². The lowest BCUT2D eigenvalue weighted by atomic mass is 9.74. The number of nitrogens with two attached hydrogens (primary N) is 1. The van der Waals surface area contributed by atoms with E-state index in [1.165, 1.54) is 12.7 Å². The molecule has 1 aromatic rings. The van der Waals surface area contributed by atoms with E-state index in [0.29, 0.717) is 26.4 Å². The van der Waals surface area contributed by atoms with E-state index in [9.17, 15) is 4.79 Å². The Morgan fingerprint density at radius 1 is 1.33 bits per heavy atom. The number of methoxy groups -OCH3 is 1. The van der Waals surface area contributed by atoms with E-state index in [1.807, 2.05) is 19.1 Å². The zero-order chi connectivity index (χ0) is 17.4. The van der Waals surface area contributed by atoms with Crippen molar-refractivity contribution in [1.29, 1.82) is 0 Å². The minimum atomic E-state index is -0.646. The number of rotatable bonds is 8. The summed E-state index contributed by atoms with van der Waals surface area (Å²) < 4.78 is 16.0. The lowest BCUT2D eigenvalue weighted by Crippen LogP contribution is -2.50. The van der Waals surface area contributed by atoms with Crippen molar-refractivity contribution in [2.24, 2.45) is 5.73 Å². The summed E-state index contributed by atoms with van der Waals surface area (Å²) in [5, 5.41) is 2.99. The average Bonchev–Trinajstić information content (AvgIpc) is 2.61. The molecule has 1 fully saturated rings. The molecule has 1 aliphatic rings. The fraction of sp³-hybridized carbons (Fsp3) is 0.611. The van der Waals surface area contributed by atoms with Gasteiger partial charge in [-0.25, -0.2) is 0 Å². The van der Waals surface area contributed by atoms with Gasteiger partial charge in [0.1, 0.15) is 11.8 Å². The van der Waals surface area contributed by atoms with Gasteiger partial charge in [0.05, 0.1) is 13.2 Å². The number of carbonyl (C=O) groups excluding carboxylic acids is 1. The number of hydrogen-bond donors (Lipinski definition) is 2. The largest absolute Gasteiger partial charge is 0.494 e. The van der Waals surface area contributed by atoms with E-state index >= 15 is 0 Å². The summed E-state index contributed by atoms with van der Waals surface area (Å²) in [6.45, 7) is 4.74. The molecule has 0 aliphatic carbocycles. The van der Waals surface area contributed by atoms with Gasteiger partial charge in [-0.15, -0.1) is 0 Å².